The third-order valence-corrected chi connectivity index (χ3v) is 6.32. The molecule has 1 saturated heterocycles. The molecule has 1 fully saturated rings. The number of halogens is 5. The number of ether oxygens (including phenoxy) is 1. The van der Waals surface area contributed by atoms with Gasteiger partial charge in [-0.3, -0.25) is 4.79 Å². The smallest absolute Gasteiger partial charge is 0.406 e. The standard InChI is InChI=1S/C25H21Cl2F3N2O2/c26-17-9-5-15(6-10-17)23(20-3-1-2-4-21(20)27)22-13-18(14-31-22)32-24(33)16-7-11-19(12-8-16)34-25(28,29)30/h1-12,18,22-23,31H,13-14H2,(H,32,33). The van der Waals surface area contributed by atoms with Crippen LogP contribution in [-0.2, 0) is 0 Å². The van der Waals surface area contributed by atoms with Gasteiger partial charge in [-0.1, -0.05) is 53.5 Å². The number of carbonyl (C=O) groups excluding carboxylic acids is 1. The van der Waals surface area contributed by atoms with Crippen molar-refractivity contribution in [2.45, 2.75) is 30.8 Å². The van der Waals surface area contributed by atoms with E-state index in [9.17, 15) is 18.0 Å². The summed E-state index contributed by atoms with van der Waals surface area (Å²) >= 11 is 12.6. The maximum atomic E-state index is 12.7. The van der Waals surface area contributed by atoms with E-state index in [1.807, 2.05) is 48.5 Å². The first-order chi connectivity index (χ1) is 16.2. The molecule has 0 radical (unpaired) electrons. The van der Waals surface area contributed by atoms with E-state index in [1.165, 1.54) is 12.1 Å². The second kappa shape index (κ2) is 10.3. The summed E-state index contributed by atoms with van der Waals surface area (Å²) in [7, 11) is 0. The predicted octanol–water partition coefficient (Wildman–Crippen LogP) is 6.18. The van der Waals surface area contributed by atoms with Crippen LogP contribution in [0.5, 0.6) is 5.75 Å². The highest BCUT2D eigenvalue weighted by Crippen LogP contribution is 2.36. The van der Waals surface area contributed by atoms with Gasteiger partial charge in [0.2, 0.25) is 0 Å². The van der Waals surface area contributed by atoms with Crippen molar-refractivity contribution >= 4 is 29.1 Å². The van der Waals surface area contributed by atoms with E-state index in [1.54, 1.807) is 0 Å². The van der Waals surface area contributed by atoms with E-state index in [0.717, 1.165) is 23.3 Å². The third kappa shape index (κ3) is 6.03. The molecule has 4 rings (SSSR count). The van der Waals surface area contributed by atoms with Crippen LogP contribution in [0.2, 0.25) is 10.0 Å². The van der Waals surface area contributed by atoms with Crippen LogP contribution >= 0.6 is 23.2 Å². The summed E-state index contributed by atoms with van der Waals surface area (Å²) in [5, 5.41) is 7.73. The molecule has 3 aromatic rings. The second-order valence-electron chi connectivity index (χ2n) is 8.04. The zero-order valence-corrected chi connectivity index (χ0v) is 19.3. The van der Waals surface area contributed by atoms with Crippen LogP contribution in [0, 0.1) is 0 Å². The minimum absolute atomic E-state index is 0.00561. The molecule has 2 N–H and O–H groups in total. The third-order valence-electron chi connectivity index (χ3n) is 5.72. The number of carbonyl (C=O) groups is 1. The first-order valence-corrected chi connectivity index (χ1v) is 11.3. The van der Waals surface area contributed by atoms with Crippen molar-refractivity contribution in [1.29, 1.82) is 0 Å². The fourth-order valence-electron chi connectivity index (χ4n) is 4.23. The van der Waals surface area contributed by atoms with Crippen molar-refractivity contribution in [2.24, 2.45) is 0 Å². The molecule has 0 aliphatic carbocycles. The van der Waals surface area contributed by atoms with Crippen molar-refractivity contribution in [3.8, 4) is 5.75 Å². The van der Waals surface area contributed by atoms with E-state index in [0.29, 0.717) is 23.0 Å². The van der Waals surface area contributed by atoms with Crippen molar-refractivity contribution < 1.29 is 22.7 Å². The average molecular weight is 509 g/mol. The number of hydrogen-bond acceptors (Lipinski definition) is 3. The van der Waals surface area contributed by atoms with Crippen molar-refractivity contribution in [3.63, 3.8) is 0 Å². The second-order valence-corrected chi connectivity index (χ2v) is 8.89. The fraction of sp³-hybridized carbons (Fsp3) is 0.240. The molecule has 3 unspecified atom stereocenters. The van der Waals surface area contributed by atoms with Gasteiger partial charge in [0.15, 0.2) is 0 Å². The van der Waals surface area contributed by atoms with E-state index in [4.69, 9.17) is 23.2 Å². The van der Waals surface area contributed by atoms with Gasteiger partial charge in [-0.15, -0.1) is 13.2 Å². The molecule has 3 aromatic carbocycles. The van der Waals surface area contributed by atoms with Crippen LogP contribution < -0.4 is 15.4 Å². The predicted molar refractivity (Wildman–Crippen MR) is 126 cm³/mol. The zero-order chi connectivity index (χ0) is 24.3. The monoisotopic (exact) mass is 508 g/mol. The maximum Gasteiger partial charge on any atom is 0.573 e. The highest BCUT2D eigenvalue weighted by Gasteiger charge is 2.34. The average Bonchev–Trinajstić information content (AvgIpc) is 3.24. The Hall–Kier alpha value is -2.74. The van der Waals surface area contributed by atoms with Gasteiger partial charge in [0.05, 0.1) is 0 Å². The Balaban J connectivity index is 1.47. The summed E-state index contributed by atoms with van der Waals surface area (Å²) in [6.45, 7) is 0.542. The normalized spacial score (nSPS) is 19.0. The van der Waals surface area contributed by atoms with Gasteiger partial charge in [0.25, 0.3) is 5.91 Å². The van der Waals surface area contributed by atoms with Gasteiger partial charge >= 0.3 is 6.36 Å². The highest BCUT2D eigenvalue weighted by atomic mass is 35.5. The number of rotatable bonds is 6. The molecule has 1 aliphatic heterocycles. The molecule has 1 amide bonds. The molecule has 0 bridgehead atoms. The SMILES string of the molecule is O=C(NC1CNC(C(c2ccc(Cl)cc2)c2ccccc2Cl)C1)c1ccc(OC(F)(F)F)cc1. The summed E-state index contributed by atoms with van der Waals surface area (Å²) in [6.07, 6.45) is -4.14. The quantitative estimate of drug-likeness (QED) is 0.417. The molecule has 0 spiro atoms. The molecule has 9 heteroatoms. The van der Waals surface area contributed by atoms with Gasteiger partial charge in [-0.05, 0) is 60.0 Å². The lowest BCUT2D eigenvalue weighted by Crippen LogP contribution is -2.36. The zero-order valence-electron chi connectivity index (χ0n) is 17.8. The Morgan fingerprint density at radius 2 is 1.68 bits per heavy atom. The molecule has 178 valence electrons. The first-order valence-electron chi connectivity index (χ1n) is 10.6. The Bertz CT molecular complexity index is 1140. The van der Waals surface area contributed by atoms with Crippen LogP contribution in [0.1, 0.15) is 33.8 Å². The van der Waals surface area contributed by atoms with Crippen molar-refractivity contribution in [3.05, 3.63) is 99.5 Å². The van der Waals surface area contributed by atoms with Crippen LogP contribution in [-0.4, -0.2) is 30.9 Å². The molecule has 34 heavy (non-hydrogen) atoms. The molecular weight excluding hydrogens is 488 g/mol. The topological polar surface area (TPSA) is 50.4 Å². The van der Waals surface area contributed by atoms with Crippen LogP contribution in [0.15, 0.2) is 72.8 Å². The maximum absolute atomic E-state index is 12.7. The number of nitrogens with one attached hydrogen (secondary N) is 2. The molecule has 4 nitrogen and oxygen atoms in total. The number of benzene rings is 3. The summed E-state index contributed by atoms with van der Waals surface area (Å²) in [6, 6.07) is 19.9. The van der Waals surface area contributed by atoms with E-state index in [2.05, 4.69) is 15.4 Å². The molecule has 3 atom stereocenters. The molecular formula is C25H21Cl2F3N2O2. The largest absolute Gasteiger partial charge is 0.573 e. The lowest BCUT2D eigenvalue weighted by Gasteiger charge is -2.26. The summed E-state index contributed by atoms with van der Waals surface area (Å²) in [4.78, 5) is 12.7. The molecule has 0 saturated carbocycles. The van der Waals surface area contributed by atoms with Gasteiger partial charge in [0.1, 0.15) is 5.75 Å². The summed E-state index contributed by atoms with van der Waals surface area (Å²) in [5.41, 5.74) is 2.26. The highest BCUT2D eigenvalue weighted by molar-refractivity contribution is 6.31. The van der Waals surface area contributed by atoms with Crippen molar-refractivity contribution in [2.75, 3.05) is 6.54 Å². The van der Waals surface area contributed by atoms with Crippen LogP contribution in [0.3, 0.4) is 0 Å². The Kier molecular flexibility index (Phi) is 7.36. The first kappa shape index (κ1) is 24.4. The minimum Gasteiger partial charge on any atom is -0.406 e. The van der Waals surface area contributed by atoms with E-state index in [-0.39, 0.29) is 35.2 Å². The fourth-order valence-corrected chi connectivity index (χ4v) is 4.61. The Labute approximate surface area is 205 Å². The van der Waals surface area contributed by atoms with Gasteiger partial charge < -0.3 is 15.4 Å². The van der Waals surface area contributed by atoms with Gasteiger partial charge in [-0.25, -0.2) is 0 Å². The molecule has 1 aliphatic rings. The summed E-state index contributed by atoms with van der Waals surface area (Å²) < 4.78 is 40.9. The Morgan fingerprint density at radius 1 is 1.00 bits per heavy atom. The molecule has 0 aromatic heterocycles. The Morgan fingerprint density at radius 3 is 2.32 bits per heavy atom. The van der Waals surface area contributed by atoms with Crippen LogP contribution in [0.4, 0.5) is 13.2 Å². The van der Waals surface area contributed by atoms with E-state index >= 15 is 0 Å². The molecule has 1 heterocycles. The number of alkyl halides is 3. The minimum atomic E-state index is -4.78. The number of amides is 1. The summed E-state index contributed by atoms with van der Waals surface area (Å²) in [5.74, 6) is -0.810. The lowest BCUT2D eigenvalue weighted by atomic mass is 9.84. The number of hydrogen-bond donors (Lipinski definition) is 2. The lowest BCUT2D eigenvalue weighted by molar-refractivity contribution is -0.274. The van der Waals surface area contributed by atoms with Gasteiger partial charge in [-0.2, -0.15) is 0 Å². The van der Waals surface area contributed by atoms with Crippen molar-refractivity contribution in [1.82, 2.24) is 10.6 Å². The van der Waals surface area contributed by atoms with E-state index < -0.39 is 6.36 Å². The van der Waals surface area contributed by atoms with Crippen LogP contribution in [0.25, 0.3) is 0 Å². The van der Waals surface area contributed by atoms with Gasteiger partial charge in [0, 0.05) is 40.2 Å².